The topological polar surface area (TPSA) is 82.9 Å². The molecule has 26 heavy (non-hydrogen) atoms. The van der Waals surface area contributed by atoms with Crippen LogP contribution in [0.4, 0.5) is 5.69 Å². The fourth-order valence-electron chi connectivity index (χ4n) is 2.68. The van der Waals surface area contributed by atoms with Crippen LogP contribution >= 0.6 is 11.6 Å². The maximum absolute atomic E-state index is 12.4. The zero-order valence-corrected chi connectivity index (χ0v) is 14.9. The van der Waals surface area contributed by atoms with E-state index in [1.165, 1.54) is 19.1 Å². The van der Waals surface area contributed by atoms with E-state index in [4.69, 9.17) is 25.8 Å². The lowest BCUT2D eigenvalue weighted by Gasteiger charge is -2.32. The number of halogens is 1. The number of anilines is 1. The summed E-state index contributed by atoms with van der Waals surface area (Å²) in [5.74, 6) is -1.35. The molecule has 0 spiro atoms. The molecular formula is C17H16ClN3O5. The smallest absolute Gasteiger partial charge is 0.355 e. The highest BCUT2D eigenvalue weighted by Gasteiger charge is 2.34. The summed E-state index contributed by atoms with van der Waals surface area (Å²) in [5, 5.41) is 4.62. The average Bonchev–Trinajstić information content (AvgIpc) is 3.20. The van der Waals surface area contributed by atoms with Crippen LogP contribution in [0.15, 0.2) is 47.9 Å². The van der Waals surface area contributed by atoms with Gasteiger partial charge in [-0.1, -0.05) is 17.7 Å². The second-order valence-corrected chi connectivity index (χ2v) is 5.68. The van der Waals surface area contributed by atoms with Gasteiger partial charge in [-0.05, 0) is 18.2 Å². The van der Waals surface area contributed by atoms with E-state index in [2.05, 4.69) is 5.10 Å². The molecule has 136 valence electrons. The highest BCUT2D eigenvalue weighted by atomic mass is 35.5. The lowest BCUT2D eigenvalue weighted by Crippen LogP contribution is -2.39. The van der Waals surface area contributed by atoms with E-state index in [-0.39, 0.29) is 24.6 Å². The molecule has 0 fully saturated rings. The zero-order valence-electron chi connectivity index (χ0n) is 14.1. The molecule has 0 radical (unpaired) electrons. The maximum Gasteiger partial charge on any atom is 0.355 e. The number of benzene rings is 1. The third-order valence-electron chi connectivity index (χ3n) is 3.82. The van der Waals surface area contributed by atoms with E-state index in [1.54, 1.807) is 41.3 Å². The normalized spacial score (nSPS) is 14.3. The molecule has 0 bridgehead atoms. The number of para-hydroxylation sites is 1. The first-order chi connectivity index (χ1) is 12.6. The van der Waals surface area contributed by atoms with Crippen molar-refractivity contribution < 1.29 is 23.8 Å². The molecule has 1 aromatic heterocycles. The van der Waals surface area contributed by atoms with Crippen molar-refractivity contribution >= 4 is 29.2 Å². The van der Waals surface area contributed by atoms with Gasteiger partial charge in [-0.25, -0.2) is 14.3 Å². The number of carbonyl (C=O) groups excluding carboxylic acids is 2. The predicted octanol–water partition coefficient (Wildman–Crippen LogP) is 1.92. The molecule has 1 aliphatic rings. The first-order valence-electron chi connectivity index (χ1n) is 7.62. The van der Waals surface area contributed by atoms with Gasteiger partial charge < -0.3 is 19.1 Å². The maximum atomic E-state index is 12.4. The Kier molecular flexibility index (Phi) is 5.24. The molecule has 2 heterocycles. The molecule has 1 aromatic carbocycles. The molecule has 0 amide bonds. The highest BCUT2D eigenvalue weighted by Crippen LogP contribution is 2.35. The number of nitrogens with zero attached hydrogens (tertiary/aromatic N) is 3. The van der Waals surface area contributed by atoms with Crippen LogP contribution in [0.2, 0.25) is 5.02 Å². The molecule has 0 atom stereocenters. The SMILES string of the molecule is COC(=O)C1=C(C(=O)OC)N(c2cccc(Cl)c2-n2cccn2)COC1. The fourth-order valence-corrected chi connectivity index (χ4v) is 2.94. The van der Waals surface area contributed by atoms with Crippen molar-refractivity contribution in [2.75, 3.05) is 32.5 Å². The molecule has 0 N–H and O–H groups in total. The summed E-state index contributed by atoms with van der Waals surface area (Å²) < 4.78 is 16.7. The van der Waals surface area contributed by atoms with Gasteiger partial charge in [0.05, 0.1) is 37.1 Å². The van der Waals surface area contributed by atoms with Crippen LogP contribution in [0.5, 0.6) is 0 Å². The summed E-state index contributed by atoms with van der Waals surface area (Å²) in [7, 11) is 2.47. The molecule has 8 nitrogen and oxygen atoms in total. The van der Waals surface area contributed by atoms with Crippen molar-refractivity contribution in [2.24, 2.45) is 0 Å². The molecule has 3 rings (SSSR count). The van der Waals surface area contributed by atoms with Gasteiger partial charge in [0, 0.05) is 12.4 Å². The Labute approximate surface area is 154 Å². The standard InChI is InChI=1S/C17H16ClN3O5/c1-24-16(22)11-9-26-10-20(14(11)17(23)25-2)13-6-3-5-12(18)15(13)21-8-4-7-19-21/h3-8H,9-10H2,1-2H3. The minimum absolute atomic E-state index is 0.0273. The summed E-state index contributed by atoms with van der Waals surface area (Å²) in [4.78, 5) is 26.1. The van der Waals surface area contributed by atoms with Gasteiger partial charge >= 0.3 is 11.9 Å². The molecule has 2 aromatic rings. The number of methoxy groups -OCH3 is 2. The Morgan fingerprint density at radius 3 is 2.62 bits per heavy atom. The van der Waals surface area contributed by atoms with Gasteiger partial charge in [0.1, 0.15) is 18.1 Å². The molecule has 0 saturated heterocycles. The summed E-state index contributed by atoms with van der Waals surface area (Å²) >= 11 is 6.38. The molecule has 0 unspecified atom stereocenters. The lowest BCUT2D eigenvalue weighted by molar-refractivity contribution is -0.140. The van der Waals surface area contributed by atoms with Crippen LogP contribution in [0.3, 0.4) is 0 Å². The molecule has 0 aliphatic carbocycles. The largest absolute Gasteiger partial charge is 0.466 e. The number of hydrogen-bond acceptors (Lipinski definition) is 7. The Balaban J connectivity index is 2.21. The Hall–Kier alpha value is -2.84. The Morgan fingerprint density at radius 1 is 1.19 bits per heavy atom. The van der Waals surface area contributed by atoms with E-state index in [1.807, 2.05) is 0 Å². The van der Waals surface area contributed by atoms with Crippen molar-refractivity contribution in [3.63, 3.8) is 0 Å². The fraction of sp³-hybridized carbons (Fsp3) is 0.235. The molecular weight excluding hydrogens is 362 g/mol. The van der Waals surface area contributed by atoms with Crippen molar-refractivity contribution in [1.29, 1.82) is 0 Å². The van der Waals surface area contributed by atoms with Crippen LogP contribution in [-0.2, 0) is 23.8 Å². The number of ether oxygens (including phenoxy) is 3. The van der Waals surface area contributed by atoms with Crippen molar-refractivity contribution in [2.45, 2.75) is 0 Å². The van der Waals surface area contributed by atoms with E-state index in [0.29, 0.717) is 16.4 Å². The molecule has 9 heteroatoms. The van der Waals surface area contributed by atoms with E-state index in [0.717, 1.165) is 0 Å². The Bertz CT molecular complexity index is 863. The molecule has 0 saturated carbocycles. The van der Waals surface area contributed by atoms with Gasteiger partial charge in [-0.15, -0.1) is 0 Å². The second-order valence-electron chi connectivity index (χ2n) is 5.27. The van der Waals surface area contributed by atoms with Crippen LogP contribution in [-0.4, -0.2) is 49.3 Å². The predicted molar refractivity (Wildman–Crippen MR) is 92.9 cm³/mol. The summed E-state index contributed by atoms with van der Waals surface area (Å²) in [6.45, 7) is -0.0369. The first-order valence-corrected chi connectivity index (χ1v) is 7.99. The third-order valence-corrected chi connectivity index (χ3v) is 4.13. The zero-order chi connectivity index (χ0) is 18.7. The second kappa shape index (κ2) is 7.59. The van der Waals surface area contributed by atoms with Gasteiger partial charge in [0.2, 0.25) is 0 Å². The minimum atomic E-state index is -0.680. The summed E-state index contributed by atoms with van der Waals surface area (Å²) in [6, 6.07) is 6.92. The van der Waals surface area contributed by atoms with E-state index >= 15 is 0 Å². The monoisotopic (exact) mass is 377 g/mol. The van der Waals surface area contributed by atoms with Gasteiger partial charge in [0.15, 0.2) is 0 Å². The highest BCUT2D eigenvalue weighted by molar-refractivity contribution is 6.33. The average molecular weight is 378 g/mol. The number of carbonyl (C=O) groups is 2. The number of hydrogen-bond donors (Lipinski definition) is 0. The quantitative estimate of drug-likeness (QED) is 0.753. The van der Waals surface area contributed by atoms with Gasteiger partial charge in [-0.2, -0.15) is 5.10 Å². The van der Waals surface area contributed by atoms with Gasteiger partial charge in [0.25, 0.3) is 0 Å². The van der Waals surface area contributed by atoms with Gasteiger partial charge in [-0.3, -0.25) is 0 Å². The van der Waals surface area contributed by atoms with E-state index in [9.17, 15) is 9.59 Å². The van der Waals surface area contributed by atoms with Crippen LogP contribution < -0.4 is 4.90 Å². The first kappa shape index (κ1) is 18.0. The van der Waals surface area contributed by atoms with Crippen molar-refractivity contribution in [3.05, 3.63) is 53.0 Å². The van der Waals surface area contributed by atoms with Crippen LogP contribution in [0, 0.1) is 0 Å². The number of aromatic nitrogens is 2. The minimum Gasteiger partial charge on any atom is -0.466 e. The lowest BCUT2D eigenvalue weighted by atomic mass is 10.1. The van der Waals surface area contributed by atoms with E-state index < -0.39 is 11.9 Å². The number of esters is 2. The third kappa shape index (κ3) is 3.16. The Morgan fingerprint density at radius 2 is 1.96 bits per heavy atom. The van der Waals surface area contributed by atoms with Crippen LogP contribution in [0.1, 0.15) is 0 Å². The van der Waals surface area contributed by atoms with Crippen molar-refractivity contribution in [1.82, 2.24) is 9.78 Å². The van der Waals surface area contributed by atoms with Crippen molar-refractivity contribution in [3.8, 4) is 5.69 Å². The molecule has 1 aliphatic heterocycles. The number of rotatable bonds is 4. The summed E-state index contributed by atoms with van der Waals surface area (Å²) in [6.07, 6.45) is 3.33. The summed E-state index contributed by atoms with van der Waals surface area (Å²) in [5.41, 5.74) is 1.18. The van der Waals surface area contributed by atoms with Crippen LogP contribution in [0.25, 0.3) is 5.69 Å².